The molecule has 0 aliphatic heterocycles. The van der Waals surface area contributed by atoms with Gasteiger partial charge in [0.15, 0.2) is 0 Å². The highest BCUT2D eigenvalue weighted by Crippen LogP contribution is 2.31. The quantitative estimate of drug-likeness (QED) is 0.689. The summed E-state index contributed by atoms with van der Waals surface area (Å²) in [6, 6.07) is 4.09. The summed E-state index contributed by atoms with van der Waals surface area (Å²) in [6.45, 7) is 5.59. The van der Waals surface area contributed by atoms with Crippen molar-refractivity contribution in [2.24, 2.45) is 5.73 Å². The van der Waals surface area contributed by atoms with Gasteiger partial charge >= 0.3 is 12.1 Å². The van der Waals surface area contributed by atoms with Gasteiger partial charge in [0.1, 0.15) is 12.4 Å². The van der Waals surface area contributed by atoms with Crippen molar-refractivity contribution in [3.63, 3.8) is 0 Å². The summed E-state index contributed by atoms with van der Waals surface area (Å²) in [7, 11) is 1.29. The van der Waals surface area contributed by atoms with E-state index in [-0.39, 0.29) is 17.9 Å². The molecule has 0 fully saturated rings. The summed E-state index contributed by atoms with van der Waals surface area (Å²) in [6.07, 6.45) is -4.45. The van der Waals surface area contributed by atoms with Crippen molar-refractivity contribution < 1.29 is 27.4 Å². The van der Waals surface area contributed by atoms with Crippen LogP contribution in [0.1, 0.15) is 26.3 Å². The van der Waals surface area contributed by atoms with E-state index in [1.54, 1.807) is 0 Å². The van der Waals surface area contributed by atoms with Crippen LogP contribution in [-0.2, 0) is 15.7 Å². The molecule has 7 heteroatoms. The molecule has 0 radical (unpaired) electrons. The summed E-state index contributed by atoms with van der Waals surface area (Å²) in [5.74, 6) is -0.904. The van der Waals surface area contributed by atoms with Crippen molar-refractivity contribution in [1.29, 1.82) is 0 Å². The Morgan fingerprint density at radius 3 is 2.19 bits per heavy atom. The molecule has 0 saturated heterocycles. The maximum Gasteiger partial charge on any atom is 0.416 e. The Morgan fingerprint density at radius 1 is 1.24 bits per heavy atom. The third kappa shape index (κ3) is 10.8. The van der Waals surface area contributed by atoms with Gasteiger partial charge in [-0.2, -0.15) is 13.2 Å². The molecular weight excluding hydrogens is 287 g/mol. The fourth-order valence-corrected chi connectivity index (χ4v) is 1.01. The zero-order chi connectivity index (χ0) is 16.7. The smallest absolute Gasteiger partial charge is 0.416 e. The second-order valence-electron chi connectivity index (χ2n) is 5.30. The van der Waals surface area contributed by atoms with Gasteiger partial charge in [-0.15, -0.1) is 0 Å². The minimum absolute atomic E-state index is 0. The molecule has 0 heterocycles. The summed E-state index contributed by atoms with van der Waals surface area (Å²) >= 11 is 0. The fourth-order valence-electron chi connectivity index (χ4n) is 1.01. The van der Waals surface area contributed by atoms with Crippen LogP contribution < -0.4 is 10.5 Å². The number of rotatable bonds is 3. The van der Waals surface area contributed by atoms with Crippen LogP contribution in [0.15, 0.2) is 24.3 Å². The number of nitrogens with two attached hydrogens (primary N) is 1. The second-order valence-corrected chi connectivity index (χ2v) is 5.30. The van der Waals surface area contributed by atoms with E-state index >= 15 is 0 Å². The molecule has 0 unspecified atom stereocenters. The predicted molar refractivity (Wildman–Crippen MR) is 72.9 cm³/mol. The Bertz CT molecular complexity index is 448. The molecule has 0 aliphatic rings. The Kier molecular flexibility index (Phi) is 7.38. The zero-order valence-electron chi connectivity index (χ0n) is 12.5. The largest absolute Gasteiger partial charge is 0.425 e. The van der Waals surface area contributed by atoms with Gasteiger partial charge < -0.3 is 15.2 Å². The van der Waals surface area contributed by atoms with Gasteiger partial charge in [-0.05, 0) is 39.0 Å². The number of halogens is 3. The van der Waals surface area contributed by atoms with Crippen molar-refractivity contribution in [2.45, 2.75) is 32.5 Å². The zero-order valence-corrected chi connectivity index (χ0v) is 12.5. The van der Waals surface area contributed by atoms with Crippen LogP contribution >= 0.6 is 0 Å². The normalized spacial score (nSPS) is 11.4. The molecule has 0 aromatic heterocycles. The summed E-state index contributed by atoms with van der Waals surface area (Å²) in [5.41, 5.74) is 4.49. The van der Waals surface area contributed by atoms with E-state index in [0.29, 0.717) is 0 Å². The van der Waals surface area contributed by atoms with E-state index < -0.39 is 17.7 Å². The number of methoxy groups -OCH3 is 1. The minimum Gasteiger partial charge on any atom is -0.425 e. The van der Waals surface area contributed by atoms with Crippen LogP contribution in [-0.4, -0.2) is 25.2 Å². The highest BCUT2D eigenvalue weighted by molar-refractivity contribution is 5.73. The van der Waals surface area contributed by atoms with Gasteiger partial charge in [-0.1, -0.05) is 6.07 Å². The molecule has 0 bridgehead atoms. The van der Waals surface area contributed by atoms with Crippen molar-refractivity contribution in [2.75, 3.05) is 13.7 Å². The first kappa shape index (κ1) is 19.4. The van der Waals surface area contributed by atoms with E-state index in [2.05, 4.69) is 9.47 Å². The van der Waals surface area contributed by atoms with Crippen LogP contribution in [0.2, 0.25) is 0 Å². The number of carbonyl (C=O) groups excluding carboxylic acids is 1. The molecule has 0 saturated carbocycles. The van der Waals surface area contributed by atoms with Crippen molar-refractivity contribution in [1.82, 2.24) is 0 Å². The standard InChI is InChI=1S/C10H9F3O3.C4H11N/c1-15-6-9(14)16-8-4-2-3-7(5-8)10(11,12)13;1-4(2,3)5/h2-5H,6H2,1H3;5H2,1-3H3. The monoisotopic (exact) mass is 307 g/mol. The van der Waals surface area contributed by atoms with Gasteiger partial charge in [0.25, 0.3) is 0 Å². The Labute approximate surface area is 122 Å². The van der Waals surface area contributed by atoms with E-state index in [1.807, 2.05) is 20.8 Å². The van der Waals surface area contributed by atoms with Gasteiger partial charge in [0, 0.05) is 12.6 Å². The average Bonchev–Trinajstić information content (AvgIpc) is 2.26. The van der Waals surface area contributed by atoms with Crippen LogP contribution in [0.3, 0.4) is 0 Å². The first-order valence-corrected chi connectivity index (χ1v) is 6.09. The first-order chi connectivity index (χ1) is 9.43. The molecule has 1 aromatic carbocycles. The number of alkyl halides is 3. The molecule has 120 valence electrons. The lowest BCUT2D eigenvalue weighted by Crippen LogP contribution is -2.26. The Morgan fingerprint density at radius 2 is 1.76 bits per heavy atom. The molecule has 2 N–H and O–H groups in total. The summed E-state index contributed by atoms with van der Waals surface area (Å²) in [5, 5.41) is 0. The molecule has 0 atom stereocenters. The van der Waals surface area contributed by atoms with Crippen molar-refractivity contribution in [3.05, 3.63) is 29.8 Å². The number of hydrogen-bond donors (Lipinski definition) is 1. The average molecular weight is 307 g/mol. The lowest BCUT2D eigenvalue weighted by molar-refractivity contribution is -0.140. The number of esters is 1. The van der Waals surface area contributed by atoms with E-state index in [0.717, 1.165) is 18.2 Å². The van der Waals surface area contributed by atoms with E-state index in [9.17, 15) is 18.0 Å². The van der Waals surface area contributed by atoms with Crippen LogP contribution in [0, 0.1) is 0 Å². The molecule has 21 heavy (non-hydrogen) atoms. The van der Waals surface area contributed by atoms with Gasteiger partial charge in [-0.25, -0.2) is 4.79 Å². The lowest BCUT2D eigenvalue weighted by Gasteiger charge is -2.08. The van der Waals surface area contributed by atoms with Crippen LogP contribution in [0.25, 0.3) is 0 Å². The van der Waals surface area contributed by atoms with Gasteiger partial charge in [0.2, 0.25) is 0 Å². The number of benzene rings is 1. The third-order valence-corrected chi connectivity index (χ3v) is 1.66. The molecule has 0 amide bonds. The van der Waals surface area contributed by atoms with Gasteiger partial charge in [0.05, 0.1) is 5.56 Å². The molecule has 0 aliphatic carbocycles. The van der Waals surface area contributed by atoms with Crippen LogP contribution in [0.4, 0.5) is 13.2 Å². The molecule has 0 spiro atoms. The summed E-state index contributed by atoms with van der Waals surface area (Å²) < 4.78 is 46.0. The Balaban J connectivity index is 0.000000690. The molecule has 4 nitrogen and oxygen atoms in total. The maximum absolute atomic E-state index is 12.3. The third-order valence-electron chi connectivity index (χ3n) is 1.66. The lowest BCUT2D eigenvalue weighted by atomic mass is 10.1. The highest BCUT2D eigenvalue weighted by Gasteiger charge is 2.30. The fraction of sp³-hybridized carbons (Fsp3) is 0.500. The van der Waals surface area contributed by atoms with E-state index in [1.165, 1.54) is 13.2 Å². The van der Waals surface area contributed by atoms with Gasteiger partial charge in [-0.3, -0.25) is 0 Å². The highest BCUT2D eigenvalue weighted by atomic mass is 19.4. The van der Waals surface area contributed by atoms with Crippen molar-refractivity contribution in [3.8, 4) is 5.75 Å². The van der Waals surface area contributed by atoms with Crippen LogP contribution in [0.5, 0.6) is 5.75 Å². The Hall–Kier alpha value is -1.60. The molecule has 1 rings (SSSR count). The molecular formula is C14H20F3NO3. The van der Waals surface area contributed by atoms with Crippen molar-refractivity contribution >= 4 is 5.97 Å². The number of carbonyl (C=O) groups is 1. The minimum atomic E-state index is -4.45. The SMILES string of the molecule is CC(C)(C)N.COCC(=O)Oc1cccc(C(F)(F)F)c1. The van der Waals surface area contributed by atoms with E-state index in [4.69, 9.17) is 5.73 Å². The summed E-state index contributed by atoms with van der Waals surface area (Å²) in [4.78, 5) is 10.9. The molecule has 1 aromatic rings. The maximum atomic E-state index is 12.3. The topological polar surface area (TPSA) is 61.5 Å². The predicted octanol–water partition coefficient (Wildman–Crippen LogP) is 3.00. The number of hydrogen-bond acceptors (Lipinski definition) is 4. The second kappa shape index (κ2) is 7.99. The first-order valence-electron chi connectivity index (χ1n) is 6.09. The number of ether oxygens (including phenoxy) is 2.